The van der Waals surface area contributed by atoms with Gasteiger partial charge in [0.05, 0.1) is 0 Å². The third-order valence-corrected chi connectivity index (χ3v) is 5.89. The van der Waals surface area contributed by atoms with E-state index in [1.54, 1.807) is 6.92 Å². The van der Waals surface area contributed by atoms with Crippen molar-refractivity contribution in [3.8, 4) is 0 Å². The normalized spacial score (nSPS) is 12.8. The third kappa shape index (κ3) is 18.0. The Balaban J connectivity index is 3.75. The van der Waals surface area contributed by atoms with Crippen molar-refractivity contribution in [1.82, 2.24) is 10.6 Å². The van der Waals surface area contributed by atoms with Crippen molar-refractivity contribution < 1.29 is 14.4 Å². The van der Waals surface area contributed by atoms with Crippen LogP contribution >= 0.6 is 0 Å². The molecule has 0 aromatic heterocycles. The van der Waals surface area contributed by atoms with Crippen LogP contribution in [-0.2, 0) is 14.4 Å². The molecule has 0 aromatic rings. The van der Waals surface area contributed by atoms with Crippen LogP contribution in [0.25, 0.3) is 0 Å². The van der Waals surface area contributed by atoms with E-state index in [0.717, 1.165) is 25.7 Å². The van der Waals surface area contributed by atoms with E-state index in [4.69, 9.17) is 11.5 Å². The van der Waals surface area contributed by atoms with Crippen molar-refractivity contribution in [1.29, 1.82) is 0 Å². The summed E-state index contributed by atoms with van der Waals surface area (Å²) in [6, 6.07) is -1.42. The summed E-state index contributed by atoms with van der Waals surface area (Å²) in [6.07, 6.45) is 18.8. The zero-order valence-corrected chi connectivity index (χ0v) is 20.8. The summed E-state index contributed by atoms with van der Waals surface area (Å²) in [5.74, 6) is -1.09. The van der Waals surface area contributed by atoms with Gasteiger partial charge < -0.3 is 22.1 Å². The highest BCUT2D eigenvalue weighted by Gasteiger charge is 2.22. The van der Waals surface area contributed by atoms with Gasteiger partial charge >= 0.3 is 0 Å². The maximum Gasteiger partial charge on any atom is 0.242 e. The largest absolute Gasteiger partial charge is 0.368 e. The van der Waals surface area contributed by atoms with Gasteiger partial charge in [-0.2, -0.15) is 0 Å². The lowest BCUT2D eigenvalue weighted by Gasteiger charge is -2.19. The predicted octanol–water partition coefficient (Wildman–Crippen LogP) is 4.07. The van der Waals surface area contributed by atoms with Crippen molar-refractivity contribution in [3.63, 3.8) is 0 Å². The van der Waals surface area contributed by atoms with Gasteiger partial charge in [-0.3, -0.25) is 14.4 Å². The monoisotopic (exact) mass is 454 g/mol. The van der Waals surface area contributed by atoms with Crippen molar-refractivity contribution in [3.05, 3.63) is 0 Å². The molecule has 0 aliphatic carbocycles. The van der Waals surface area contributed by atoms with E-state index in [1.807, 2.05) is 0 Å². The first kappa shape index (κ1) is 30.4. The van der Waals surface area contributed by atoms with Crippen LogP contribution in [0.3, 0.4) is 0 Å². The molecule has 0 saturated carbocycles. The van der Waals surface area contributed by atoms with E-state index >= 15 is 0 Å². The van der Waals surface area contributed by atoms with Crippen LogP contribution in [0.5, 0.6) is 0 Å². The van der Waals surface area contributed by atoms with Crippen molar-refractivity contribution in [2.75, 3.05) is 6.54 Å². The van der Waals surface area contributed by atoms with Gasteiger partial charge in [-0.15, -0.1) is 0 Å². The predicted molar refractivity (Wildman–Crippen MR) is 132 cm³/mol. The van der Waals surface area contributed by atoms with Crippen molar-refractivity contribution >= 4 is 17.7 Å². The van der Waals surface area contributed by atoms with Crippen LogP contribution in [0.4, 0.5) is 0 Å². The van der Waals surface area contributed by atoms with Gasteiger partial charge in [0.15, 0.2) is 0 Å². The molecule has 0 unspecified atom stereocenters. The fourth-order valence-electron chi connectivity index (χ4n) is 3.76. The second kappa shape index (κ2) is 21.2. The topological polar surface area (TPSA) is 127 Å². The van der Waals surface area contributed by atoms with Crippen LogP contribution in [-0.4, -0.2) is 36.3 Å². The highest BCUT2D eigenvalue weighted by atomic mass is 16.2. The summed E-state index contributed by atoms with van der Waals surface area (Å²) in [5, 5.41) is 5.34. The van der Waals surface area contributed by atoms with Gasteiger partial charge in [-0.25, -0.2) is 0 Å². The van der Waals surface area contributed by atoms with Crippen LogP contribution in [0, 0.1) is 0 Å². The molecule has 0 rings (SSSR count). The molecule has 188 valence electrons. The Labute approximate surface area is 196 Å². The molecular formula is C25H50N4O3. The van der Waals surface area contributed by atoms with Crippen molar-refractivity contribution in [2.45, 2.75) is 135 Å². The number of amides is 3. The van der Waals surface area contributed by atoms with Gasteiger partial charge in [-0.05, 0) is 39.2 Å². The van der Waals surface area contributed by atoms with Gasteiger partial charge in [0.25, 0.3) is 0 Å². The number of carbonyl (C=O) groups is 3. The summed E-state index contributed by atoms with van der Waals surface area (Å²) >= 11 is 0. The zero-order chi connectivity index (χ0) is 24.0. The van der Waals surface area contributed by atoms with Crippen LogP contribution in [0.2, 0.25) is 0 Å². The minimum Gasteiger partial charge on any atom is -0.368 e. The van der Waals surface area contributed by atoms with Gasteiger partial charge in [0.1, 0.15) is 12.1 Å². The van der Waals surface area contributed by atoms with Gasteiger partial charge in [0.2, 0.25) is 17.7 Å². The van der Waals surface area contributed by atoms with E-state index < -0.39 is 18.0 Å². The molecule has 0 heterocycles. The molecule has 0 fully saturated rings. The average Bonchev–Trinajstić information content (AvgIpc) is 2.76. The molecule has 2 atom stereocenters. The molecule has 0 bridgehead atoms. The number of rotatable bonds is 22. The van der Waals surface area contributed by atoms with E-state index in [1.165, 1.54) is 64.2 Å². The summed E-state index contributed by atoms with van der Waals surface area (Å²) < 4.78 is 0. The standard InChI is InChI=1S/C25H50N4O3/c1-3-4-5-6-7-8-9-10-11-12-13-14-15-19-23(30)28-21(2)25(32)29-22(24(27)31)18-16-17-20-26/h21-22H,3-20,26H2,1-2H3,(H2,27,31)(H,28,30)(H,29,32)/t21-,22-/m0/s1. The quantitative estimate of drug-likeness (QED) is 0.184. The number of unbranched alkanes of at least 4 members (excludes halogenated alkanes) is 13. The number of carbonyl (C=O) groups excluding carboxylic acids is 3. The Morgan fingerprint density at radius 1 is 0.719 bits per heavy atom. The first-order valence-corrected chi connectivity index (χ1v) is 13.0. The fraction of sp³-hybridized carbons (Fsp3) is 0.880. The molecule has 0 radical (unpaired) electrons. The molecule has 3 amide bonds. The fourth-order valence-corrected chi connectivity index (χ4v) is 3.76. The Bertz CT molecular complexity index is 500. The summed E-state index contributed by atoms with van der Waals surface area (Å²) in [6.45, 7) is 4.40. The molecule has 0 spiro atoms. The highest BCUT2D eigenvalue weighted by Crippen LogP contribution is 2.13. The van der Waals surface area contributed by atoms with Gasteiger partial charge in [-0.1, -0.05) is 84.0 Å². The average molecular weight is 455 g/mol. The minimum atomic E-state index is -0.727. The lowest BCUT2D eigenvalue weighted by atomic mass is 10.0. The Morgan fingerprint density at radius 2 is 1.22 bits per heavy atom. The summed E-state index contributed by atoms with van der Waals surface area (Å²) in [5.41, 5.74) is 10.8. The van der Waals surface area contributed by atoms with Crippen molar-refractivity contribution in [2.24, 2.45) is 11.5 Å². The second-order valence-electron chi connectivity index (χ2n) is 9.03. The number of hydrogen-bond donors (Lipinski definition) is 4. The number of hydrogen-bond acceptors (Lipinski definition) is 4. The van der Waals surface area contributed by atoms with E-state index in [2.05, 4.69) is 17.6 Å². The molecular weight excluding hydrogens is 404 g/mol. The smallest absolute Gasteiger partial charge is 0.242 e. The maximum absolute atomic E-state index is 12.3. The lowest BCUT2D eigenvalue weighted by molar-refractivity contribution is -0.131. The number of primary amides is 1. The second-order valence-corrected chi connectivity index (χ2v) is 9.03. The Hall–Kier alpha value is -1.63. The molecule has 0 aliphatic rings. The zero-order valence-electron chi connectivity index (χ0n) is 20.8. The summed E-state index contributed by atoms with van der Waals surface area (Å²) in [4.78, 5) is 35.9. The molecule has 7 heteroatoms. The van der Waals surface area contributed by atoms with Crippen LogP contribution < -0.4 is 22.1 Å². The minimum absolute atomic E-state index is 0.130. The summed E-state index contributed by atoms with van der Waals surface area (Å²) in [7, 11) is 0. The number of nitrogens with two attached hydrogens (primary N) is 2. The van der Waals surface area contributed by atoms with Gasteiger partial charge in [0, 0.05) is 6.42 Å². The van der Waals surface area contributed by atoms with Crippen LogP contribution in [0.15, 0.2) is 0 Å². The van der Waals surface area contributed by atoms with E-state index in [0.29, 0.717) is 25.8 Å². The molecule has 32 heavy (non-hydrogen) atoms. The highest BCUT2D eigenvalue weighted by molar-refractivity contribution is 5.91. The lowest BCUT2D eigenvalue weighted by Crippen LogP contribution is -2.51. The van der Waals surface area contributed by atoms with E-state index in [9.17, 15) is 14.4 Å². The molecule has 0 aromatic carbocycles. The molecule has 0 saturated heterocycles. The molecule has 7 nitrogen and oxygen atoms in total. The Morgan fingerprint density at radius 3 is 1.69 bits per heavy atom. The number of nitrogens with one attached hydrogen (secondary N) is 2. The molecule has 6 N–H and O–H groups in total. The SMILES string of the molecule is CCCCCCCCCCCCCCCC(=O)N[C@@H](C)C(=O)N[C@@H](CCCCN)C(N)=O. The third-order valence-electron chi connectivity index (χ3n) is 5.89. The maximum atomic E-state index is 12.3. The first-order valence-electron chi connectivity index (χ1n) is 13.0. The molecule has 0 aliphatic heterocycles. The first-order chi connectivity index (χ1) is 15.4. The van der Waals surface area contributed by atoms with E-state index in [-0.39, 0.29) is 11.8 Å². The van der Waals surface area contributed by atoms with Crippen LogP contribution in [0.1, 0.15) is 123 Å². The Kier molecular flexibility index (Phi) is 20.1.